The van der Waals surface area contributed by atoms with Crippen LogP contribution in [0.1, 0.15) is 12.6 Å². The van der Waals surface area contributed by atoms with Crippen LogP contribution in [-0.4, -0.2) is 36.0 Å². The van der Waals surface area contributed by atoms with E-state index < -0.39 is 0 Å². The highest BCUT2D eigenvalue weighted by Gasteiger charge is 2.11. The largest absolute Gasteiger partial charge is 0.358 e. The van der Waals surface area contributed by atoms with Gasteiger partial charge in [-0.2, -0.15) is 0 Å². The van der Waals surface area contributed by atoms with Gasteiger partial charge in [0.25, 0.3) is 0 Å². The van der Waals surface area contributed by atoms with Gasteiger partial charge in [0.15, 0.2) is 0 Å². The first-order valence-electron chi connectivity index (χ1n) is 5.03. The van der Waals surface area contributed by atoms with Crippen LogP contribution in [0, 0.1) is 6.92 Å². The molecule has 0 saturated heterocycles. The standard InChI is InChI=1S/C10H15ClN4O/c1-4-15(6-9(16)12-3)8-5-7(2)13-10(11)14-8/h5H,4,6H2,1-3H3,(H,12,16). The number of likely N-dealkylation sites (N-methyl/N-ethyl adjacent to an activating group) is 2. The number of anilines is 1. The maximum absolute atomic E-state index is 11.3. The number of halogens is 1. The van der Waals surface area contributed by atoms with Crippen molar-refractivity contribution in [3.05, 3.63) is 17.0 Å². The first kappa shape index (κ1) is 12.7. The first-order valence-corrected chi connectivity index (χ1v) is 5.41. The predicted molar refractivity (Wildman–Crippen MR) is 63.7 cm³/mol. The van der Waals surface area contributed by atoms with Crippen molar-refractivity contribution in [1.82, 2.24) is 15.3 Å². The number of nitrogens with one attached hydrogen (secondary N) is 1. The minimum absolute atomic E-state index is 0.0609. The third-order valence-corrected chi connectivity index (χ3v) is 2.30. The second-order valence-corrected chi connectivity index (χ2v) is 3.66. The average molecular weight is 243 g/mol. The van der Waals surface area contributed by atoms with Crippen molar-refractivity contribution in [2.45, 2.75) is 13.8 Å². The van der Waals surface area contributed by atoms with E-state index in [1.54, 1.807) is 13.1 Å². The summed E-state index contributed by atoms with van der Waals surface area (Å²) in [5.41, 5.74) is 0.783. The number of aromatic nitrogens is 2. The van der Waals surface area contributed by atoms with E-state index in [0.29, 0.717) is 12.4 Å². The van der Waals surface area contributed by atoms with Gasteiger partial charge in [-0.3, -0.25) is 4.79 Å². The van der Waals surface area contributed by atoms with Crippen LogP contribution in [0.4, 0.5) is 5.82 Å². The molecular weight excluding hydrogens is 228 g/mol. The lowest BCUT2D eigenvalue weighted by Crippen LogP contribution is -2.36. The summed E-state index contributed by atoms with van der Waals surface area (Å²) in [6.45, 7) is 4.74. The first-order chi connectivity index (χ1) is 7.56. The number of carbonyl (C=O) groups excluding carboxylic acids is 1. The Balaban J connectivity index is 2.90. The van der Waals surface area contributed by atoms with Crippen LogP contribution in [0.15, 0.2) is 6.07 Å². The monoisotopic (exact) mass is 242 g/mol. The van der Waals surface area contributed by atoms with Gasteiger partial charge in [0.1, 0.15) is 5.82 Å². The SMILES string of the molecule is CCN(CC(=O)NC)c1cc(C)nc(Cl)n1. The van der Waals surface area contributed by atoms with Crippen molar-refractivity contribution >= 4 is 23.3 Å². The fraction of sp³-hybridized carbons (Fsp3) is 0.500. The number of hydrogen-bond donors (Lipinski definition) is 1. The van der Waals surface area contributed by atoms with Crippen molar-refractivity contribution in [2.75, 3.05) is 25.0 Å². The predicted octanol–water partition coefficient (Wildman–Crippen LogP) is 1.01. The molecule has 0 aromatic carbocycles. The normalized spacial score (nSPS) is 10.0. The molecule has 88 valence electrons. The zero-order valence-electron chi connectivity index (χ0n) is 9.62. The van der Waals surface area contributed by atoms with E-state index in [-0.39, 0.29) is 17.7 Å². The smallest absolute Gasteiger partial charge is 0.239 e. The quantitative estimate of drug-likeness (QED) is 0.801. The van der Waals surface area contributed by atoms with Gasteiger partial charge in [-0.1, -0.05) is 0 Å². The fourth-order valence-electron chi connectivity index (χ4n) is 1.29. The Bertz CT molecular complexity index is 363. The summed E-state index contributed by atoms with van der Waals surface area (Å²) in [5.74, 6) is 0.609. The summed E-state index contributed by atoms with van der Waals surface area (Å²) in [5, 5.41) is 2.77. The highest BCUT2D eigenvalue weighted by Crippen LogP contribution is 2.14. The molecule has 16 heavy (non-hydrogen) atoms. The van der Waals surface area contributed by atoms with E-state index in [9.17, 15) is 4.79 Å². The fourth-order valence-corrected chi connectivity index (χ4v) is 1.51. The molecule has 0 fully saturated rings. The summed E-state index contributed by atoms with van der Waals surface area (Å²) in [7, 11) is 1.61. The van der Waals surface area contributed by atoms with Gasteiger partial charge >= 0.3 is 0 Å². The van der Waals surface area contributed by atoms with Crippen LogP contribution in [-0.2, 0) is 4.79 Å². The molecule has 1 N–H and O–H groups in total. The molecule has 0 aliphatic heterocycles. The molecule has 1 aromatic rings. The summed E-state index contributed by atoms with van der Waals surface area (Å²) < 4.78 is 0. The number of rotatable bonds is 4. The van der Waals surface area contributed by atoms with Gasteiger partial charge in [0.05, 0.1) is 6.54 Å². The number of amides is 1. The third kappa shape index (κ3) is 3.34. The van der Waals surface area contributed by atoms with Crippen molar-refractivity contribution in [3.8, 4) is 0 Å². The number of nitrogens with zero attached hydrogens (tertiary/aromatic N) is 3. The average Bonchev–Trinajstić information content (AvgIpc) is 2.24. The molecule has 0 atom stereocenters. The Labute approximate surface area is 99.8 Å². The number of aryl methyl sites for hydroxylation is 1. The topological polar surface area (TPSA) is 58.1 Å². The van der Waals surface area contributed by atoms with Gasteiger partial charge < -0.3 is 10.2 Å². The Morgan fingerprint density at radius 1 is 1.56 bits per heavy atom. The minimum atomic E-state index is -0.0609. The molecule has 1 aromatic heterocycles. The van der Waals surface area contributed by atoms with Crippen LogP contribution < -0.4 is 10.2 Å². The molecule has 0 aliphatic carbocycles. The van der Waals surface area contributed by atoms with Crippen molar-refractivity contribution in [1.29, 1.82) is 0 Å². The molecule has 0 aliphatic rings. The zero-order chi connectivity index (χ0) is 12.1. The molecule has 0 spiro atoms. The summed E-state index contributed by atoms with van der Waals surface area (Å²) in [6, 6.07) is 1.80. The van der Waals surface area contributed by atoms with E-state index in [0.717, 1.165) is 5.69 Å². The maximum atomic E-state index is 11.3. The van der Waals surface area contributed by atoms with Gasteiger partial charge in [-0.05, 0) is 25.4 Å². The van der Waals surface area contributed by atoms with E-state index in [2.05, 4.69) is 15.3 Å². The lowest BCUT2D eigenvalue weighted by atomic mass is 10.4. The Morgan fingerprint density at radius 2 is 2.25 bits per heavy atom. The summed E-state index contributed by atoms with van der Waals surface area (Å²) in [6.07, 6.45) is 0. The Morgan fingerprint density at radius 3 is 2.75 bits per heavy atom. The molecule has 0 radical (unpaired) electrons. The third-order valence-electron chi connectivity index (χ3n) is 2.13. The molecule has 0 unspecified atom stereocenters. The van der Waals surface area contributed by atoms with Gasteiger partial charge in [-0.15, -0.1) is 0 Å². The van der Waals surface area contributed by atoms with Gasteiger partial charge in [0.2, 0.25) is 11.2 Å². The lowest BCUT2D eigenvalue weighted by Gasteiger charge is -2.21. The van der Waals surface area contributed by atoms with Crippen LogP contribution >= 0.6 is 11.6 Å². The lowest BCUT2D eigenvalue weighted by molar-refractivity contribution is -0.119. The van der Waals surface area contributed by atoms with Crippen LogP contribution in [0.5, 0.6) is 0 Å². The van der Waals surface area contributed by atoms with Gasteiger partial charge in [-0.25, -0.2) is 9.97 Å². The molecule has 0 saturated carbocycles. The molecular formula is C10H15ClN4O. The second kappa shape index (κ2) is 5.65. The summed E-state index contributed by atoms with van der Waals surface area (Å²) >= 11 is 5.77. The molecule has 1 amide bonds. The number of hydrogen-bond acceptors (Lipinski definition) is 4. The summed E-state index contributed by atoms with van der Waals surface area (Å²) in [4.78, 5) is 21.2. The molecule has 1 heterocycles. The van der Waals surface area contributed by atoms with Crippen molar-refractivity contribution in [2.24, 2.45) is 0 Å². The zero-order valence-corrected chi connectivity index (χ0v) is 10.4. The van der Waals surface area contributed by atoms with Crippen LogP contribution in [0.25, 0.3) is 0 Å². The van der Waals surface area contributed by atoms with E-state index in [1.807, 2.05) is 18.7 Å². The number of carbonyl (C=O) groups is 1. The molecule has 1 rings (SSSR count). The molecule has 5 nitrogen and oxygen atoms in total. The Hall–Kier alpha value is -1.36. The van der Waals surface area contributed by atoms with E-state index in [1.165, 1.54) is 0 Å². The van der Waals surface area contributed by atoms with Crippen molar-refractivity contribution in [3.63, 3.8) is 0 Å². The van der Waals surface area contributed by atoms with Crippen molar-refractivity contribution < 1.29 is 4.79 Å². The molecule has 0 bridgehead atoms. The van der Waals surface area contributed by atoms with Crippen LogP contribution in [0.2, 0.25) is 5.28 Å². The Kier molecular flexibility index (Phi) is 4.49. The highest BCUT2D eigenvalue weighted by atomic mass is 35.5. The van der Waals surface area contributed by atoms with Gasteiger partial charge in [0, 0.05) is 25.4 Å². The highest BCUT2D eigenvalue weighted by molar-refractivity contribution is 6.28. The maximum Gasteiger partial charge on any atom is 0.239 e. The molecule has 6 heteroatoms. The van der Waals surface area contributed by atoms with E-state index >= 15 is 0 Å². The van der Waals surface area contributed by atoms with Crippen LogP contribution in [0.3, 0.4) is 0 Å². The minimum Gasteiger partial charge on any atom is -0.358 e. The second-order valence-electron chi connectivity index (χ2n) is 3.32. The van der Waals surface area contributed by atoms with E-state index in [4.69, 9.17) is 11.6 Å².